The fourth-order valence-electron chi connectivity index (χ4n) is 2.62. The van der Waals surface area contributed by atoms with Gasteiger partial charge in [0, 0.05) is 20.1 Å². The van der Waals surface area contributed by atoms with Gasteiger partial charge in [0.15, 0.2) is 0 Å². The number of carbonyl (C=O) groups excluding carboxylic acids is 2. The normalized spacial score (nSPS) is 17.3. The maximum Gasteiger partial charge on any atom is 0.244 e. The number of hydrogen-bond acceptors (Lipinski definition) is 4. The van der Waals surface area contributed by atoms with E-state index in [2.05, 4.69) is 5.32 Å². The molecular formula is C17H24ClN3O3. The van der Waals surface area contributed by atoms with E-state index in [1.54, 1.807) is 31.3 Å². The van der Waals surface area contributed by atoms with Crippen LogP contribution >= 0.6 is 11.6 Å². The van der Waals surface area contributed by atoms with Crippen molar-refractivity contribution in [2.45, 2.75) is 19.4 Å². The number of carbonyl (C=O) groups is 2. The third kappa shape index (κ3) is 5.47. The van der Waals surface area contributed by atoms with Crippen molar-refractivity contribution < 1.29 is 14.3 Å². The highest BCUT2D eigenvalue weighted by atomic mass is 35.5. The lowest BCUT2D eigenvalue weighted by Crippen LogP contribution is -2.51. The van der Waals surface area contributed by atoms with Gasteiger partial charge < -0.3 is 15.0 Å². The zero-order chi connectivity index (χ0) is 17.7. The van der Waals surface area contributed by atoms with E-state index in [1.807, 2.05) is 18.7 Å². The highest BCUT2D eigenvalue weighted by molar-refractivity contribution is 6.33. The van der Waals surface area contributed by atoms with Crippen molar-refractivity contribution in [2.75, 3.05) is 45.2 Å². The lowest BCUT2D eigenvalue weighted by molar-refractivity contribution is -0.138. The van der Waals surface area contributed by atoms with Crippen molar-refractivity contribution in [3.63, 3.8) is 0 Å². The molecule has 1 N–H and O–H groups in total. The number of likely N-dealkylation sites (N-methyl/N-ethyl adjacent to an activating group) is 1. The third-order valence-electron chi connectivity index (χ3n) is 3.82. The molecule has 2 amide bonds. The maximum absolute atomic E-state index is 12.3. The summed E-state index contributed by atoms with van der Waals surface area (Å²) in [5.41, 5.74) is 0.290. The van der Waals surface area contributed by atoms with Crippen LogP contribution in [0.5, 0.6) is 0 Å². The van der Waals surface area contributed by atoms with Crippen LogP contribution in [0.1, 0.15) is 13.8 Å². The van der Waals surface area contributed by atoms with Gasteiger partial charge in [0.2, 0.25) is 11.8 Å². The van der Waals surface area contributed by atoms with Crippen LogP contribution < -0.4 is 5.32 Å². The second-order valence-electron chi connectivity index (χ2n) is 6.60. The smallest absolute Gasteiger partial charge is 0.244 e. The minimum atomic E-state index is -0.277. The SMILES string of the molecule is CN(CC(=O)Nc1ccccc1Cl)C(=O)CN1CCOC(C)(C)C1. The number of nitrogens with zero attached hydrogens (tertiary/aromatic N) is 2. The molecule has 1 fully saturated rings. The Labute approximate surface area is 147 Å². The molecule has 0 spiro atoms. The van der Waals surface area contributed by atoms with Gasteiger partial charge >= 0.3 is 0 Å². The van der Waals surface area contributed by atoms with Gasteiger partial charge in [-0.25, -0.2) is 0 Å². The van der Waals surface area contributed by atoms with Crippen molar-refractivity contribution in [3.8, 4) is 0 Å². The Hall–Kier alpha value is -1.63. The van der Waals surface area contributed by atoms with E-state index in [4.69, 9.17) is 16.3 Å². The summed E-state index contributed by atoms with van der Waals surface area (Å²) in [5, 5.41) is 3.18. The Morgan fingerprint density at radius 2 is 2.08 bits per heavy atom. The van der Waals surface area contributed by atoms with Gasteiger partial charge in [0.1, 0.15) is 0 Å². The fraction of sp³-hybridized carbons (Fsp3) is 0.529. The minimum Gasteiger partial charge on any atom is -0.373 e. The quantitative estimate of drug-likeness (QED) is 0.877. The molecule has 6 nitrogen and oxygen atoms in total. The van der Waals surface area contributed by atoms with Crippen LogP contribution in [0.4, 0.5) is 5.69 Å². The molecular weight excluding hydrogens is 330 g/mol. The van der Waals surface area contributed by atoms with Crippen LogP contribution in [-0.2, 0) is 14.3 Å². The topological polar surface area (TPSA) is 61.9 Å². The summed E-state index contributed by atoms with van der Waals surface area (Å²) < 4.78 is 5.64. The van der Waals surface area contributed by atoms with E-state index < -0.39 is 0 Å². The molecule has 132 valence electrons. The van der Waals surface area contributed by atoms with Crippen molar-refractivity contribution in [1.82, 2.24) is 9.80 Å². The van der Waals surface area contributed by atoms with Gasteiger partial charge in [-0.15, -0.1) is 0 Å². The van der Waals surface area contributed by atoms with Gasteiger partial charge in [0.25, 0.3) is 0 Å². The Balaban J connectivity index is 1.83. The van der Waals surface area contributed by atoms with Crippen LogP contribution in [0, 0.1) is 0 Å². The molecule has 0 aromatic heterocycles. The molecule has 1 saturated heterocycles. The lowest BCUT2D eigenvalue weighted by atomic mass is 10.1. The van der Waals surface area contributed by atoms with Crippen LogP contribution in [0.3, 0.4) is 0 Å². The largest absolute Gasteiger partial charge is 0.373 e. The van der Waals surface area contributed by atoms with Gasteiger partial charge in [0.05, 0.1) is 36.0 Å². The van der Waals surface area contributed by atoms with Gasteiger partial charge in [-0.2, -0.15) is 0 Å². The number of amides is 2. The van der Waals surface area contributed by atoms with Crippen LogP contribution in [0.2, 0.25) is 5.02 Å². The Morgan fingerprint density at radius 1 is 1.38 bits per heavy atom. The number of rotatable bonds is 5. The monoisotopic (exact) mass is 353 g/mol. The summed E-state index contributed by atoms with van der Waals surface area (Å²) in [6, 6.07) is 7.00. The predicted octanol–water partition coefficient (Wildman–Crippen LogP) is 1.85. The highest BCUT2D eigenvalue weighted by Crippen LogP contribution is 2.20. The van der Waals surface area contributed by atoms with Crippen molar-refractivity contribution in [3.05, 3.63) is 29.3 Å². The molecule has 0 bridgehead atoms. The van der Waals surface area contributed by atoms with Crippen LogP contribution in [-0.4, -0.2) is 67.0 Å². The summed E-state index contributed by atoms with van der Waals surface area (Å²) in [7, 11) is 1.63. The van der Waals surface area contributed by atoms with E-state index in [1.165, 1.54) is 4.90 Å². The molecule has 0 saturated carbocycles. The lowest BCUT2D eigenvalue weighted by Gasteiger charge is -2.38. The standard InChI is InChI=1S/C17H24ClN3O3/c1-17(2)12-21(8-9-24-17)11-16(23)20(3)10-15(22)19-14-7-5-4-6-13(14)18/h4-7H,8-12H2,1-3H3,(H,19,22). The number of morpholine rings is 1. The number of benzene rings is 1. The minimum absolute atomic E-state index is 0.0161. The first-order valence-corrected chi connectivity index (χ1v) is 8.29. The second kappa shape index (κ2) is 7.96. The number of halogens is 1. The molecule has 0 aliphatic carbocycles. The number of hydrogen-bond donors (Lipinski definition) is 1. The molecule has 1 aliphatic heterocycles. The van der Waals surface area contributed by atoms with E-state index >= 15 is 0 Å². The zero-order valence-corrected chi connectivity index (χ0v) is 15.1. The first-order chi connectivity index (χ1) is 11.3. The Morgan fingerprint density at radius 3 is 2.75 bits per heavy atom. The molecule has 2 rings (SSSR count). The Kier molecular flexibility index (Phi) is 6.21. The molecule has 0 atom stereocenters. The van der Waals surface area contributed by atoms with Gasteiger partial charge in [-0.05, 0) is 26.0 Å². The summed E-state index contributed by atoms with van der Waals surface area (Å²) in [6.45, 7) is 6.29. The van der Waals surface area contributed by atoms with E-state index in [0.29, 0.717) is 23.9 Å². The molecule has 1 aromatic carbocycles. The number of para-hydroxylation sites is 1. The zero-order valence-electron chi connectivity index (χ0n) is 14.3. The van der Waals surface area contributed by atoms with Gasteiger partial charge in [-0.3, -0.25) is 14.5 Å². The molecule has 0 unspecified atom stereocenters. The molecule has 24 heavy (non-hydrogen) atoms. The van der Waals surface area contributed by atoms with Crippen molar-refractivity contribution in [2.24, 2.45) is 0 Å². The Bertz CT molecular complexity index is 606. The molecule has 1 heterocycles. The number of anilines is 1. The van der Waals surface area contributed by atoms with Crippen LogP contribution in [0.15, 0.2) is 24.3 Å². The molecule has 0 radical (unpaired) electrons. The highest BCUT2D eigenvalue weighted by Gasteiger charge is 2.28. The first-order valence-electron chi connectivity index (χ1n) is 7.91. The van der Waals surface area contributed by atoms with Crippen LogP contribution in [0.25, 0.3) is 0 Å². The summed E-state index contributed by atoms with van der Waals surface area (Å²) >= 11 is 6.01. The first kappa shape index (κ1) is 18.7. The van der Waals surface area contributed by atoms with Crippen molar-refractivity contribution in [1.29, 1.82) is 0 Å². The van der Waals surface area contributed by atoms with E-state index in [0.717, 1.165) is 6.54 Å². The molecule has 7 heteroatoms. The predicted molar refractivity (Wildman–Crippen MR) is 94.2 cm³/mol. The number of ether oxygens (including phenoxy) is 1. The summed E-state index contributed by atoms with van der Waals surface area (Å²) in [6.07, 6.45) is 0. The number of nitrogens with one attached hydrogen (secondary N) is 1. The molecule has 1 aliphatic rings. The maximum atomic E-state index is 12.3. The fourth-order valence-corrected chi connectivity index (χ4v) is 2.80. The molecule has 1 aromatic rings. The summed E-state index contributed by atoms with van der Waals surface area (Å²) in [4.78, 5) is 27.9. The summed E-state index contributed by atoms with van der Waals surface area (Å²) in [5.74, 6) is -0.372. The van der Waals surface area contributed by atoms with E-state index in [9.17, 15) is 9.59 Å². The van der Waals surface area contributed by atoms with Gasteiger partial charge in [-0.1, -0.05) is 23.7 Å². The average molecular weight is 354 g/mol. The third-order valence-corrected chi connectivity index (χ3v) is 4.15. The van der Waals surface area contributed by atoms with Crippen molar-refractivity contribution >= 4 is 29.1 Å². The average Bonchev–Trinajstić information content (AvgIpc) is 2.48. The second-order valence-corrected chi connectivity index (χ2v) is 7.00. The van der Waals surface area contributed by atoms with E-state index in [-0.39, 0.29) is 30.5 Å².